The summed E-state index contributed by atoms with van der Waals surface area (Å²) in [5.41, 5.74) is 1.18. The predicted octanol–water partition coefficient (Wildman–Crippen LogP) is 3.36. The maximum absolute atomic E-state index is 5.78. The van der Waals surface area contributed by atoms with Crippen molar-refractivity contribution in [1.82, 2.24) is 4.98 Å². The highest BCUT2D eigenvalue weighted by atomic mass is 35.5. The van der Waals surface area contributed by atoms with Crippen molar-refractivity contribution < 1.29 is 4.74 Å². The van der Waals surface area contributed by atoms with E-state index in [9.17, 15) is 0 Å². The summed E-state index contributed by atoms with van der Waals surface area (Å²) in [6.07, 6.45) is 4.48. The zero-order valence-corrected chi connectivity index (χ0v) is 9.52. The quantitative estimate of drug-likeness (QED) is 0.808. The van der Waals surface area contributed by atoms with Crippen LogP contribution in [0.2, 0.25) is 5.02 Å². The fourth-order valence-electron chi connectivity index (χ4n) is 1.36. The molecule has 1 aromatic carbocycles. The fourth-order valence-corrected chi connectivity index (χ4v) is 1.49. The lowest BCUT2D eigenvalue weighted by Gasteiger charge is -2.05. The number of nitrogens with zero attached hydrogens (tertiary/aromatic N) is 1. The monoisotopic (exact) mass is 233 g/mol. The van der Waals surface area contributed by atoms with Crippen LogP contribution in [-0.4, -0.2) is 11.6 Å². The van der Waals surface area contributed by atoms with Crippen molar-refractivity contribution in [3.05, 3.63) is 59.4 Å². The number of hydrogen-bond acceptors (Lipinski definition) is 2. The standard InChI is InChI=1S/C13H12ClNO/c14-12-3-5-13(6-4-12)16-9-7-11-2-1-8-15-10-11/h1-6,8,10H,7,9H2. The van der Waals surface area contributed by atoms with Gasteiger partial charge in [-0.25, -0.2) is 0 Å². The van der Waals surface area contributed by atoms with Gasteiger partial charge in [-0.15, -0.1) is 0 Å². The molecule has 1 aromatic heterocycles. The summed E-state index contributed by atoms with van der Waals surface area (Å²) in [5.74, 6) is 0.841. The Labute approximate surface area is 99.9 Å². The van der Waals surface area contributed by atoms with Gasteiger partial charge in [0.1, 0.15) is 5.75 Å². The molecule has 2 nitrogen and oxygen atoms in total. The van der Waals surface area contributed by atoms with Gasteiger partial charge >= 0.3 is 0 Å². The maximum atomic E-state index is 5.78. The van der Waals surface area contributed by atoms with Gasteiger partial charge in [0.05, 0.1) is 6.61 Å². The van der Waals surface area contributed by atoms with Crippen LogP contribution in [-0.2, 0) is 6.42 Å². The van der Waals surface area contributed by atoms with E-state index in [4.69, 9.17) is 16.3 Å². The van der Waals surface area contributed by atoms with Crippen LogP contribution >= 0.6 is 11.6 Å². The minimum Gasteiger partial charge on any atom is -0.493 e. The molecule has 0 bridgehead atoms. The third kappa shape index (κ3) is 3.24. The van der Waals surface area contributed by atoms with Crippen molar-refractivity contribution >= 4 is 11.6 Å². The second kappa shape index (κ2) is 5.52. The molecule has 2 rings (SSSR count). The molecule has 0 fully saturated rings. The molecule has 0 radical (unpaired) electrons. The van der Waals surface area contributed by atoms with Crippen molar-refractivity contribution in [2.24, 2.45) is 0 Å². The highest BCUT2D eigenvalue weighted by Gasteiger charge is 1.95. The summed E-state index contributed by atoms with van der Waals surface area (Å²) in [4.78, 5) is 4.05. The van der Waals surface area contributed by atoms with Gasteiger partial charge in [0.15, 0.2) is 0 Å². The van der Waals surface area contributed by atoms with Gasteiger partial charge < -0.3 is 4.74 Å². The van der Waals surface area contributed by atoms with E-state index in [1.807, 2.05) is 42.6 Å². The van der Waals surface area contributed by atoms with Gasteiger partial charge in [-0.05, 0) is 35.9 Å². The number of rotatable bonds is 4. The molecule has 0 amide bonds. The summed E-state index contributed by atoms with van der Waals surface area (Å²) in [6, 6.07) is 11.3. The van der Waals surface area contributed by atoms with Gasteiger partial charge in [-0.2, -0.15) is 0 Å². The van der Waals surface area contributed by atoms with E-state index in [1.165, 1.54) is 5.56 Å². The molecule has 3 heteroatoms. The predicted molar refractivity (Wildman–Crippen MR) is 64.9 cm³/mol. The van der Waals surface area contributed by atoms with Gasteiger partial charge in [0.25, 0.3) is 0 Å². The minimum absolute atomic E-state index is 0.646. The lowest BCUT2D eigenvalue weighted by Crippen LogP contribution is -2.01. The molecule has 0 aliphatic rings. The molecule has 0 unspecified atom stereocenters. The molecule has 82 valence electrons. The van der Waals surface area contributed by atoms with Gasteiger partial charge in [0, 0.05) is 23.8 Å². The summed E-state index contributed by atoms with van der Waals surface area (Å²) in [7, 11) is 0. The van der Waals surface area contributed by atoms with Crippen molar-refractivity contribution in [2.45, 2.75) is 6.42 Å². The third-order valence-electron chi connectivity index (χ3n) is 2.20. The summed E-state index contributed by atoms with van der Waals surface area (Å²) in [5, 5.41) is 0.722. The molecular formula is C13H12ClNO. The van der Waals surface area contributed by atoms with E-state index in [0.29, 0.717) is 6.61 Å². The Balaban J connectivity index is 1.82. The molecular weight excluding hydrogens is 222 g/mol. The van der Waals surface area contributed by atoms with Crippen LogP contribution in [0.15, 0.2) is 48.8 Å². The van der Waals surface area contributed by atoms with Crippen LogP contribution in [0.1, 0.15) is 5.56 Å². The Morgan fingerprint density at radius 1 is 1.12 bits per heavy atom. The third-order valence-corrected chi connectivity index (χ3v) is 2.45. The van der Waals surface area contributed by atoms with Crippen molar-refractivity contribution in [1.29, 1.82) is 0 Å². The first-order chi connectivity index (χ1) is 7.84. The summed E-state index contributed by atoms with van der Waals surface area (Å²) >= 11 is 5.78. The molecule has 0 spiro atoms. The SMILES string of the molecule is Clc1ccc(OCCc2cccnc2)cc1. The largest absolute Gasteiger partial charge is 0.493 e. The highest BCUT2D eigenvalue weighted by Crippen LogP contribution is 2.15. The highest BCUT2D eigenvalue weighted by molar-refractivity contribution is 6.30. The zero-order valence-electron chi connectivity index (χ0n) is 8.77. The van der Waals surface area contributed by atoms with Gasteiger partial charge in [-0.3, -0.25) is 4.98 Å². The molecule has 0 aliphatic carbocycles. The smallest absolute Gasteiger partial charge is 0.119 e. The Bertz CT molecular complexity index is 427. The molecule has 0 saturated carbocycles. The first-order valence-electron chi connectivity index (χ1n) is 5.12. The summed E-state index contributed by atoms with van der Waals surface area (Å²) < 4.78 is 5.58. The number of ether oxygens (including phenoxy) is 1. The van der Waals surface area contributed by atoms with E-state index in [1.54, 1.807) is 6.20 Å². The first-order valence-corrected chi connectivity index (χ1v) is 5.50. The molecule has 1 heterocycles. The van der Waals surface area contributed by atoms with Crippen LogP contribution in [0.25, 0.3) is 0 Å². The van der Waals surface area contributed by atoms with E-state index < -0.39 is 0 Å². The second-order valence-corrected chi connectivity index (χ2v) is 3.85. The molecule has 0 N–H and O–H groups in total. The van der Waals surface area contributed by atoms with Crippen molar-refractivity contribution in [3.8, 4) is 5.75 Å². The number of halogens is 1. The topological polar surface area (TPSA) is 22.1 Å². The Kier molecular flexibility index (Phi) is 3.78. The van der Waals surface area contributed by atoms with Crippen molar-refractivity contribution in [3.63, 3.8) is 0 Å². The average molecular weight is 234 g/mol. The Hall–Kier alpha value is -1.54. The van der Waals surface area contributed by atoms with Crippen LogP contribution < -0.4 is 4.74 Å². The zero-order chi connectivity index (χ0) is 11.2. The number of hydrogen-bond donors (Lipinski definition) is 0. The van der Waals surface area contributed by atoms with E-state index in [2.05, 4.69) is 4.98 Å². The Morgan fingerprint density at radius 2 is 1.94 bits per heavy atom. The summed E-state index contributed by atoms with van der Waals surface area (Å²) in [6.45, 7) is 0.646. The molecule has 0 saturated heterocycles. The average Bonchev–Trinajstić information content (AvgIpc) is 2.33. The minimum atomic E-state index is 0.646. The second-order valence-electron chi connectivity index (χ2n) is 3.41. The lowest BCUT2D eigenvalue weighted by atomic mass is 10.2. The van der Waals surface area contributed by atoms with Crippen LogP contribution in [0, 0.1) is 0 Å². The van der Waals surface area contributed by atoms with Crippen LogP contribution in [0.4, 0.5) is 0 Å². The van der Waals surface area contributed by atoms with Gasteiger partial charge in [0.2, 0.25) is 0 Å². The van der Waals surface area contributed by atoms with E-state index in [-0.39, 0.29) is 0 Å². The van der Waals surface area contributed by atoms with Gasteiger partial charge in [-0.1, -0.05) is 17.7 Å². The normalized spacial score (nSPS) is 10.1. The first kappa shape index (κ1) is 11.0. The van der Waals surface area contributed by atoms with E-state index in [0.717, 1.165) is 17.2 Å². The fraction of sp³-hybridized carbons (Fsp3) is 0.154. The molecule has 0 atom stereocenters. The lowest BCUT2D eigenvalue weighted by molar-refractivity contribution is 0.322. The molecule has 0 aliphatic heterocycles. The number of pyridine rings is 1. The number of aromatic nitrogens is 1. The van der Waals surface area contributed by atoms with Crippen LogP contribution in [0.5, 0.6) is 5.75 Å². The Morgan fingerprint density at radius 3 is 2.62 bits per heavy atom. The molecule has 16 heavy (non-hydrogen) atoms. The van der Waals surface area contributed by atoms with Crippen molar-refractivity contribution in [2.75, 3.05) is 6.61 Å². The number of benzene rings is 1. The maximum Gasteiger partial charge on any atom is 0.119 e. The van der Waals surface area contributed by atoms with E-state index >= 15 is 0 Å². The molecule has 2 aromatic rings. The van der Waals surface area contributed by atoms with Crippen LogP contribution in [0.3, 0.4) is 0 Å².